The van der Waals surface area contributed by atoms with E-state index in [9.17, 15) is 13.0 Å². The molecular weight excluding hydrogens is 232 g/mol. The highest BCUT2D eigenvalue weighted by Gasteiger charge is 2.08. The first-order chi connectivity index (χ1) is 7.46. The van der Waals surface area contributed by atoms with Gasteiger partial charge in [0.15, 0.2) is 11.5 Å². The summed E-state index contributed by atoms with van der Waals surface area (Å²) < 4.78 is 40.4. The van der Waals surface area contributed by atoms with Gasteiger partial charge in [-0.2, -0.15) is 0 Å². The molecule has 6 heteroatoms. The summed E-state index contributed by atoms with van der Waals surface area (Å²) in [7, 11) is -3.43. The normalized spacial score (nSPS) is 10.9. The predicted octanol–water partition coefficient (Wildman–Crippen LogP) is 1.26. The van der Waals surface area contributed by atoms with Crippen LogP contribution in [-0.4, -0.2) is 20.1 Å². The fourth-order valence-electron chi connectivity index (χ4n) is 1.18. The van der Waals surface area contributed by atoms with E-state index in [1.165, 1.54) is 13.2 Å². The number of methoxy groups -OCH3 is 1. The summed E-state index contributed by atoms with van der Waals surface area (Å²) in [6.45, 7) is 3.58. The minimum Gasteiger partial charge on any atom is -0.716 e. The molecule has 0 fully saturated rings. The zero-order chi connectivity index (χ0) is 12.2. The maximum atomic E-state index is 10.4. The van der Waals surface area contributed by atoms with Gasteiger partial charge < -0.3 is 13.5 Å². The van der Waals surface area contributed by atoms with Crippen molar-refractivity contribution in [3.8, 4) is 11.5 Å². The van der Waals surface area contributed by atoms with E-state index in [0.717, 1.165) is 5.56 Å². The summed E-state index contributed by atoms with van der Waals surface area (Å²) in [4.78, 5) is 0. The average Bonchev–Trinajstić information content (AvgIpc) is 2.18. The standard InChI is InChI=1S/C10H12O5S/c1-3-4-8-5-6-9(10(7-8)14-2)15-16(11,12)13/h3,5-7H,1,4H2,2H3,(H,11,12,13)/p-1. The highest BCUT2D eigenvalue weighted by molar-refractivity contribution is 7.81. The van der Waals surface area contributed by atoms with E-state index in [1.807, 2.05) is 0 Å². The van der Waals surface area contributed by atoms with Crippen LogP contribution in [0.5, 0.6) is 11.5 Å². The Morgan fingerprint density at radius 3 is 2.62 bits per heavy atom. The summed E-state index contributed by atoms with van der Waals surface area (Å²) in [6.07, 6.45) is 2.31. The van der Waals surface area contributed by atoms with Crippen molar-refractivity contribution in [1.29, 1.82) is 0 Å². The van der Waals surface area contributed by atoms with Gasteiger partial charge in [-0.15, -0.1) is 6.58 Å². The first kappa shape index (κ1) is 12.5. The molecule has 0 saturated carbocycles. The summed E-state index contributed by atoms with van der Waals surface area (Å²) in [5.41, 5.74) is 0.877. The Balaban J connectivity index is 3.06. The predicted molar refractivity (Wildman–Crippen MR) is 57.2 cm³/mol. The molecule has 0 spiro atoms. The summed E-state index contributed by atoms with van der Waals surface area (Å²) in [6, 6.07) is 4.58. The molecule has 0 saturated heterocycles. The van der Waals surface area contributed by atoms with Crippen molar-refractivity contribution in [3.05, 3.63) is 36.4 Å². The molecule has 5 nitrogen and oxygen atoms in total. The molecule has 0 amide bonds. The van der Waals surface area contributed by atoms with E-state index in [2.05, 4.69) is 10.8 Å². The molecule has 0 N–H and O–H groups in total. The van der Waals surface area contributed by atoms with Crippen molar-refractivity contribution in [2.45, 2.75) is 6.42 Å². The zero-order valence-electron chi connectivity index (χ0n) is 8.67. The van der Waals surface area contributed by atoms with Gasteiger partial charge in [0.2, 0.25) is 0 Å². The van der Waals surface area contributed by atoms with Gasteiger partial charge in [-0.05, 0) is 24.1 Å². The third kappa shape index (κ3) is 3.56. The molecule has 0 aliphatic rings. The first-order valence-electron chi connectivity index (χ1n) is 4.39. The van der Waals surface area contributed by atoms with Crippen molar-refractivity contribution in [2.75, 3.05) is 7.11 Å². The van der Waals surface area contributed by atoms with Crippen molar-refractivity contribution in [3.63, 3.8) is 0 Å². The van der Waals surface area contributed by atoms with Crippen LogP contribution in [0.15, 0.2) is 30.9 Å². The Morgan fingerprint density at radius 2 is 2.12 bits per heavy atom. The second-order valence-corrected chi connectivity index (χ2v) is 3.95. The highest BCUT2D eigenvalue weighted by Crippen LogP contribution is 2.29. The Morgan fingerprint density at radius 1 is 1.44 bits per heavy atom. The van der Waals surface area contributed by atoms with Crippen LogP contribution in [-0.2, 0) is 16.8 Å². The van der Waals surface area contributed by atoms with E-state index < -0.39 is 10.4 Å². The molecule has 0 aliphatic carbocycles. The van der Waals surface area contributed by atoms with Gasteiger partial charge in [0.05, 0.1) is 7.11 Å². The van der Waals surface area contributed by atoms with Crippen LogP contribution in [0.1, 0.15) is 5.56 Å². The number of ether oxygens (including phenoxy) is 1. The molecule has 0 bridgehead atoms. The maximum Gasteiger partial charge on any atom is 0.262 e. The Labute approximate surface area is 94.3 Å². The number of benzene rings is 1. The molecule has 16 heavy (non-hydrogen) atoms. The van der Waals surface area contributed by atoms with Crippen LogP contribution < -0.4 is 8.92 Å². The molecule has 0 atom stereocenters. The minimum atomic E-state index is -4.79. The van der Waals surface area contributed by atoms with E-state index in [1.54, 1.807) is 18.2 Å². The first-order valence-corrected chi connectivity index (χ1v) is 5.72. The molecule has 0 heterocycles. The topological polar surface area (TPSA) is 75.7 Å². The molecule has 88 valence electrons. The van der Waals surface area contributed by atoms with E-state index in [0.29, 0.717) is 6.42 Å². The Hall–Kier alpha value is -1.53. The molecule has 0 radical (unpaired) electrons. The Kier molecular flexibility index (Phi) is 3.92. The van der Waals surface area contributed by atoms with Crippen molar-refractivity contribution < 1.29 is 21.9 Å². The van der Waals surface area contributed by atoms with Gasteiger partial charge >= 0.3 is 0 Å². The highest BCUT2D eigenvalue weighted by atomic mass is 32.3. The van der Waals surface area contributed by atoms with Crippen LogP contribution in [0, 0.1) is 0 Å². The van der Waals surface area contributed by atoms with Crippen LogP contribution in [0.4, 0.5) is 0 Å². The molecule has 0 aliphatic heterocycles. The summed E-state index contributed by atoms with van der Waals surface area (Å²) in [5.74, 6) is 0.0732. The number of hydrogen-bond donors (Lipinski definition) is 0. The summed E-state index contributed by atoms with van der Waals surface area (Å²) in [5, 5.41) is 0. The van der Waals surface area contributed by atoms with Gasteiger partial charge in [0.25, 0.3) is 10.4 Å². The fourth-order valence-corrected chi connectivity index (χ4v) is 1.54. The lowest BCUT2D eigenvalue weighted by molar-refractivity contribution is 0.351. The van der Waals surface area contributed by atoms with Crippen molar-refractivity contribution in [2.24, 2.45) is 0 Å². The van der Waals surface area contributed by atoms with Gasteiger partial charge in [-0.25, -0.2) is 8.42 Å². The molecule has 0 unspecified atom stereocenters. The number of hydrogen-bond acceptors (Lipinski definition) is 5. The lowest BCUT2D eigenvalue weighted by Crippen LogP contribution is -2.08. The summed E-state index contributed by atoms with van der Waals surface area (Å²) >= 11 is 0. The Bertz CT molecular complexity index is 478. The molecule has 1 aromatic rings. The largest absolute Gasteiger partial charge is 0.716 e. The third-order valence-corrected chi connectivity index (χ3v) is 2.18. The van der Waals surface area contributed by atoms with Crippen LogP contribution in [0.2, 0.25) is 0 Å². The van der Waals surface area contributed by atoms with E-state index in [-0.39, 0.29) is 11.5 Å². The van der Waals surface area contributed by atoms with Gasteiger partial charge in [0.1, 0.15) is 0 Å². The molecule has 1 rings (SSSR count). The quantitative estimate of drug-likeness (QED) is 0.442. The van der Waals surface area contributed by atoms with Crippen LogP contribution in [0.25, 0.3) is 0 Å². The fraction of sp³-hybridized carbons (Fsp3) is 0.200. The number of allylic oxidation sites excluding steroid dienone is 1. The zero-order valence-corrected chi connectivity index (χ0v) is 9.49. The van der Waals surface area contributed by atoms with E-state index >= 15 is 0 Å². The molecule has 1 aromatic carbocycles. The monoisotopic (exact) mass is 243 g/mol. The van der Waals surface area contributed by atoms with Gasteiger partial charge in [-0.1, -0.05) is 12.1 Å². The lowest BCUT2D eigenvalue weighted by atomic mass is 10.1. The van der Waals surface area contributed by atoms with Gasteiger partial charge in [-0.3, -0.25) is 0 Å². The molecule has 0 aromatic heterocycles. The van der Waals surface area contributed by atoms with Crippen LogP contribution in [0.3, 0.4) is 0 Å². The average molecular weight is 243 g/mol. The second kappa shape index (κ2) is 5.00. The third-order valence-electron chi connectivity index (χ3n) is 1.80. The van der Waals surface area contributed by atoms with E-state index in [4.69, 9.17) is 4.74 Å². The number of rotatable bonds is 5. The maximum absolute atomic E-state index is 10.4. The minimum absolute atomic E-state index is 0.120. The SMILES string of the molecule is C=CCc1ccc(OS(=O)(=O)[O-])c(OC)c1. The van der Waals surface area contributed by atoms with Crippen molar-refractivity contribution >= 4 is 10.4 Å². The lowest BCUT2D eigenvalue weighted by Gasteiger charge is -2.13. The molecular formula is C10H11O5S-. The van der Waals surface area contributed by atoms with Gasteiger partial charge in [0, 0.05) is 0 Å². The smallest absolute Gasteiger partial charge is 0.262 e. The second-order valence-electron chi connectivity index (χ2n) is 2.97. The van der Waals surface area contributed by atoms with Crippen molar-refractivity contribution in [1.82, 2.24) is 0 Å². The van der Waals surface area contributed by atoms with Crippen LogP contribution >= 0.6 is 0 Å².